The number of hydrogen-bond acceptors (Lipinski definition) is 3. The number of rotatable bonds is 2. The van der Waals surface area contributed by atoms with Gasteiger partial charge in [0.05, 0.1) is 0 Å². The Labute approximate surface area is 165 Å². The molecule has 0 amide bonds. The molecule has 0 heterocycles. The first-order valence-corrected chi connectivity index (χ1v) is 11.7. The zero-order valence-corrected chi connectivity index (χ0v) is 17.5. The molecule has 4 aliphatic rings. The minimum atomic E-state index is -5.62. The van der Waals surface area contributed by atoms with Crippen LogP contribution in [-0.4, -0.2) is 13.9 Å². The Morgan fingerprint density at radius 1 is 1.04 bits per heavy atom. The summed E-state index contributed by atoms with van der Waals surface area (Å²) >= 11 is 0. The summed E-state index contributed by atoms with van der Waals surface area (Å²) in [5, 5.41) is 0. The molecule has 0 radical (unpaired) electrons. The van der Waals surface area contributed by atoms with Gasteiger partial charge in [-0.2, -0.15) is 21.6 Å². The maximum absolute atomic E-state index is 12.8. The van der Waals surface area contributed by atoms with E-state index in [0.717, 1.165) is 19.3 Å². The molecule has 4 unspecified atom stereocenters. The first-order chi connectivity index (χ1) is 12.9. The second-order valence-electron chi connectivity index (χ2n) is 9.85. The standard InChI is InChI=1S/C21H29F3O3S/c1-13-8-10-19(2)14(12-13)4-5-15-16-6-7-18(20(16,3)11-9-17(15)19)27-28(25,26)21(22,23)24/h4,7,13,15-17H,5-6,8-12H2,1-3H3/t13?,15?,16?,17?,19-,20-/m0/s1. The summed E-state index contributed by atoms with van der Waals surface area (Å²) in [6.07, 6.45) is 10.6. The molecule has 0 bridgehead atoms. The molecule has 3 nitrogen and oxygen atoms in total. The lowest BCUT2D eigenvalue weighted by molar-refractivity contribution is -0.0575. The Morgan fingerprint density at radius 3 is 2.39 bits per heavy atom. The lowest BCUT2D eigenvalue weighted by Crippen LogP contribution is -2.49. The van der Waals surface area contributed by atoms with E-state index in [1.54, 1.807) is 11.6 Å². The Morgan fingerprint density at radius 2 is 1.71 bits per heavy atom. The van der Waals surface area contributed by atoms with Gasteiger partial charge in [-0.15, -0.1) is 0 Å². The van der Waals surface area contributed by atoms with Crippen LogP contribution in [-0.2, 0) is 14.3 Å². The van der Waals surface area contributed by atoms with E-state index in [9.17, 15) is 21.6 Å². The third kappa shape index (κ3) is 2.86. The van der Waals surface area contributed by atoms with Crippen molar-refractivity contribution in [2.45, 2.75) is 71.2 Å². The van der Waals surface area contributed by atoms with Crippen molar-refractivity contribution in [1.29, 1.82) is 0 Å². The predicted molar refractivity (Wildman–Crippen MR) is 100 cm³/mol. The van der Waals surface area contributed by atoms with Gasteiger partial charge in [0.25, 0.3) is 0 Å². The lowest BCUT2D eigenvalue weighted by atomic mass is 9.47. The Balaban J connectivity index is 1.60. The van der Waals surface area contributed by atoms with Gasteiger partial charge in [0.1, 0.15) is 5.76 Å². The van der Waals surface area contributed by atoms with Crippen molar-refractivity contribution < 1.29 is 25.8 Å². The SMILES string of the molecule is CC1CC[C@@]2(C)C(=CCC3C2CC[C@]2(C)C(OS(=O)(=O)C(F)(F)F)=CCC32)C1. The highest BCUT2D eigenvalue weighted by Gasteiger charge is 2.59. The van der Waals surface area contributed by atoms with Crippen molar-refractivity contribution in [2.75, 3.05) is 0 Å². The largest absolute Gasteiger partial charge is 0.534 e. The average Bonchev–Trinajstić information content (AvgIpc) is 2.91. The molecule has 0 N–H and O–H groups in total. The minimum Gasteiger partial charge on any atom is -0.380 e. The summed E-state index contributed by atoms with van der Waals surface area (Å²) in [4.78, 5) is 0. The van der Waals surface area contributed by atoms with Crippen LogP contribution in [0.2, 0.25) is 0 Å². The maximum Gasteiger partial charge on any atom is 0.534 e. The van der Waals surface area contributed by atoms with Crippen LogP contribution in [0, 0.1) is 34.5 Å². The fourth-order valence-corrected chi connectivity index (χ4v) is 7.26. The third-order valence-corrected chi connectivity index (χ3v) is 9.31. The molecular formula is C21H29F3O3S. The zero-order chi connectivity index (χ0) is 20.5. The van der Waals surface area contributed by atoms with Crippen molar-refractivity contribution in [2.24, 2.45) is 34.5 Å². The van der Waals surface area contributed by atoms with Gasteiger partial charge >= 0.3 is 15.6 Å². The summed E-state index contributed by atoms with van der Waals surface area (Å²) in [6, 6.07) is 0. The average molecular weight is 419 g/mol. The van der Waals surface area contributed by atoms with Gasteiger partial charge in [0.15, 0.2) is 0 Å². The van der Waals surface area contributed by atoms with Gasteiger partial charge in [0.2, 0.25) is 0 Å². The molecule has 0 saturated heterocycles. The lowest BCUT2D eigenvalue weighted by Gasteiger charge is -2.57. The van der Waals surface area contributed by atoms with Crippen LogP contribution in [0.15, 0.2) is 23.5 Å². The summed E-state index contributed by atoms with van der Waals surface area (Å²) in [7, 11) is -5.62. The van der Waals surface area contributed by atoms with Crippen LogP contribution < -0.4 is 0 Å². The molecule has 2 fully saturated rings. The van der Waals surface area contributed by atoms with Crippen LogP contribution in [0.1, 0.15) is 65.7 Å². The number of allylic oxidation sites excluding steroid dienone is 4. The van der Waals surface area contributed by atoms with Gasteiger partial charge in [-0.1, -0.05) is 32.4 Å². The molecule has 6 atom stereocenters. The molecule has 4 aliphatic carbocycles. The topological polar surface area (TPSA) is 43.4 Å². The molecule has 4 rings (SSSR count). The van der Waals surface area contributed by atoms with Crippen LogP contribution in [0.5, 0.6) is 0 Å². The monoisotopic (exact) mass is 418 g/mol. The highest BCUT2D eigenvalue weighted by molar-refractivity contribution is 7.87. The molecular weight excluding hydrogens is 389 g/mol. The van der Waals surface area contributed by atoms with Crippen LogP contribution in [0.25, 0.3) is 0 Å². The molecule has 7 heteroatoms. The fraction of sp³-hybridized carbons (Fsp3) is 0.810. The molecule has 0 aromatic carbocycles. The van der Waals surface area contributed by atoms with E-state index in [1.165, 1.54) is 12.8 Å². The predicted octanol–water partition coefficient (Wildman–Crippen LogP) is 5.95. The summed E-state index contributed by atoms with van der Waals surface area (Å²) in [6.45, 7) is 6.57. The second-order valence-corrected chi connectivity index (χ2v) is 11.4. The van der Waals surface area contributed by atoms with Gasteiger partial charge in [-0.05, 0) is 80.1 Å². The van der Waals surface area contributed by atoms with E-state index in [-0.39, 0.29) is 17.1 Å². The molecule has 158 valence electrons. The molecule has 0 aromatic rings. The van der Waals surface area contributed by atoms with Gasteiger partial charge < -0.3 is 4.18 Å². The molecule has 2 saturated carbocycles. The Hall–Kier alpha value is -0.980. The molecule has 28 heavy (non-hydrogen) atoms. The van der Waals surface area contributed by atoms with Crippen molar-refractivity contribution in [3.8, 4) is 0 Å². The van der Waals surface area contributed by atoms with Gasteiger partial charge in [-0.25, -0.2) is 0 Å². The van der Waals surface area contributed by atoms with E-state index >= 15 is 0 Å². The first-order valence-electron chi connectivity index (χ1n) is 10.3. The smallest absolute Gasteiger partial charge is 0.380 e. The van der Waals surface area contributed by atoms with Crippen LogP contribution in [0.3, 0.4) is 0 Å². The summed E-state index contributed by atoms with van der Waals surface area (Å²) < 4.78 is 66.3. The maximum atomic E-state index is 12.8. The van der Waals surface area contributed by atoms with Crippen molar-refractivity contribution in [3.63, 3.8) is 0 Å². The van der Waals surface area contributed by atoms with Crippen LogP contribution >= 0.6 is 0 Å². The van der Waals surface area contributed by atoms with E-state index in [2.05, 4.69) is 24.1 Å². The minimum absolute atomic E-state index is 0.00507. The van der Waals surface area contributed by atoms with E-state index in [0.29, 0.717) is 30.6 Å². The van der Waals surface area contributed by atoms with Gasteiger partial charge in [0, 0.05) is 5.41 Å². The van der Waals surface area contributed by atoms with E-state index in [4.69, 9.17) is 0 Å². The molecule has 0 aliphatic heterocycles. The van der Waals surface area contributed by atoms with E-state index < -0.39 is 21.0 Å². The van der Waals surface area contributed by atoms with Crippen molar-refractivity contribution >= 4 is 10.1 Å². The van der Waals surface area contributed by atoms with Crippen molar-refractivity contribution in [1.82, 2.24) is 0 Å². The molecule has 0 spiro atoms. The summed E-state index contributed by atoms with van der Waals surface area (Å²) in [5.41, 5.74) is -4.28. The van der Waals surface area contributed by atoms with Crippen LogP contribution in [0.4, 0.5) is 13.2 Å². The number of alkyl halides is 3. The quantitative estimate of drug-likeness (QED) is 0.316. The number of hydrogen-bond donors (Lipinski definition) is 0. The molecule has 0 aromatic heterocycles. The Kier molecular flexibility index (Phi) is 4.54. The highest BCUT2D eigenvalue weighted by Crippen LogP contribution is 2.65. The third-order valence-electron chi connectivity index (χ3n) is 8.34. The fourth-order valence-electron chi connectivity index (χ4n) is 6.67. The summed E-state index contributed by atoms with van der Waals surface area (Å²) in [5.74, 6) is 1.74. The normalized spacial score (nSPS) is 43.4. The van der Waals surface area contributed by atoms with Crippen molar-refractivity contribution in [3.05, 3.63) is 23.5 Å². The van der Waals surface area contributed by atoms with E-state index in [1.807, 2.05) is 6.92 Å². The zero-order valence-electron chi connectivity index (χ0n) is 16.7. The Bertz CT molecular complexity index is 828. The van der Waals surface area contributed by atoms with Gasteiger partial charge in [-0.3, -0.25) is 0 Å². The number of fused-ring (bicyclic) bond motifs is 5. The highest BCUT2D eigenvalue weighted by atomic mass is 32.2. The number of halogens is 3. The second kappa shape index (κ2) is 6.26. The first kappa shape index (κ1) is 20.3.